The fourth-order valence-electron chi connectivity index (χ4n) is 4.68. The van der Waals surface area contributed by atoms with Crippen molar-refractivity contribution in [2.45, 2.75) is 51.4 Å². The van der Waals surface area contributed by atoms with Gasteiger partial charge in [-0.05, 0) is 64.5 Å². The van der Waals surface area contributed by atoms with Gasteiger partial charge < -0.3 is 9.72 Å². The third-order valence-electron chi connectivity index (χ3n) is 6.44. The first-order chi connectivity index (χ1) is 16.6. The Morgan fingerprint density at radius 2 is 1.88 bits per heavy atom. The number of fused-ring (bicyclic) bond motifs is 1. The molecule has 1 N–H and O–H groups in total. The maximum absolute atomic E-state index is 13.5. The van der Waals surface area contributed by atoms with Crippen molar-refractivity contribution in [3.63, 3.8) is 0 Å². The summed E-state index contributed by atoms with van der Waals surface area (Å²) in [5, 5.41) is 13.4. The summed E-state index contributed by atoms with van der Waals surface area (Å²) in [4.78, 5) is 18.0. The Labute approximate surface area is 196 Å². The standard InChI is InChI=1S/C25H27FN6O2/c1-34-22-11-8-18-12-19(25(33)27-23(18)13-22)15-31(14-17-6-9-20(26)10-7-17)16-24-28-29-30-32(24)21-4-2-3-5-21/h6-13,21H,2-5,14-16H2,1H3,(H,27,33). The van der Waals surface area contributed by atoms with Gasteiger partial charge in [0.05, 0.1) is 25.2 Å². The van der Waals surface area contributed by atoms with E-state index in [0.29, 0.717) is 37.0 Å². The van der Waals surface area contributed by atoms with Gasteiger partial charge in [0.25, 0.3) is 5.56 Å². The number of nitrogens with zero attached hydrogens (tertiary/aromatic N) is 5. The molecule has 176 valence electrons. The second kappa shape index (κ2) is 9.72. The number of ether oxygens (including phenoxy) is 1. The minimum Gasteiger partial charge on any atom is -0.497 e. The number of tetrazole rings is 1. The van der Waals surface area contributed by atoms with Crippen molar-refractivity contribution < 1.29 is 9.13 Å². The van der Waals surface area contributed by atoms with E-state index in [1.54, 1.807) is 19.2 Å². The summed E-state index contributed by atoms with van der Waals surface area (Å²) in [5.74, 6) is 1.19. The highest BCUT2D eigenvalue weighted by atomic mass is 19.1. The fraction of sp³-hybridized carbons (Fsp3) is 0.360. The van der Waals surface area contributed by atoms with Crippen molar-refractivity contribution in [1.82, 2.24) is 30.1 Å². The van der Waals surface area contributed by atoms with Gasteiger partial charge in [-0.3, -0.25) is 9.69 Å². The van der Waals surface area contributed by atoms with E-state index in [2.05, 4.69) is 25.4 Å². The Morgan fingerprint density at radius 3 is 2.65 bits per heavy atom. The zero-order chi connectivity index (χ0) is 23.5. The summed E-state index contributed by atoms with van der Waals surface area (Å²) in [5.41, 5.74) is 2.16. The van der Waals surface area contributed by atoms with Crippen molar-refractivity contribution in [3.05, 3.63) is 81.7 Å². The summed E-state index contributed by atoms with van der Waals surface area (Å²) in [6.07, 6.45) is 4.51. The highest BCUT2D eigenvalue weighted by Gasteiger charge is 2.23. The number of hydrogen-bond donors (Lipinski definition) is 1. The number of nitrogens with one attached hydrogen (secondary N) is 1. The molecule has 2 heterocycles. The summed E-state index contributed by atoms with van der Waals surface area (Å²) >= 11 is 0. The maximum Gasteiger partial charge on any atom is 0.252 e. The minimum atomic E-state index is -0.276. The molecule has 0 bridgehead atoms. The SMILES string of the molecule is COc1ccc2cc(CN(Cc3ccc(F)cc3)Cc3nnnn3C3CCCC3)c(=O)[nH]c2c1. The topological polar surface area (TPSA) is 88.9 Å². The lowest BCUT2D eigenvalue weighted by molar-refractivity contribution is 0.231. The molecule has 2 aromatic heterocycles. The number of benzene rings is 2. The summed E-state index contributed by atoms with van der Waals surface area (Å²) in [7, 11) is 1.60. The Hall–Kier alpha value is -3.59. The van der Waals surface area contributed by atoms with Gasteiger partial charge in [-0.15, -0.1) is 5.10 Å². The Balaban J connectivity index is 1.45. The van der Waals surface area contributed by atoms with Crippen molar-refractivity contribution in [3.8, 4) is 5.75 Å². The van der Waals surface area contributed by atoms with E-state index in [1.165, 1.54) is 25.0 Å². The first-order valence-electron chi connectivity index (χ1n) is 11.5. The van der Waals surface area contributed by atoms with Crippen LogP contribution in [0.15, 0.2) is 53.3 Å². The molecule has 4 aromatic rings. The van der Waals surface area contributed by atoms with Crippen LogP contribution in [-0.2, 0) is 19.6 Å². The van der Waals surface area contributed by atoms with Gasteiger partial charge in [-0.25, -0.2) is 9.07 Å². The molecule has 0 spiro atoms. The summed E-state index contributed by atoms with van der Waals surface area (Å²) in [6, 6.07) is 14.3. The van der Waals surface area contributed by atoms with Gasteiger partial charge in [0, 0.05) is 24.7 Å². The molecule has 1 aliphatic rings. The number of H-pyrrole nitrogens is 1. The molecule has 0 aliphatic heterocycles. The molecule has 0 saturated heterocycles. The van der Waals surface area contributed by atoms with Gasteiger partial charge in [0.1, 0.15) is 11.6 Å². The van der Waals surface area contributed by atoms with Crippen LogP contribution in [0, 0.1) is 5.82 Å². The van der Waals surface area contributed by atoms with Crippen LogP contribution in [0.3, 0.4) is 0 Å². The second-order valence-corrected chi connectivity index (χ2v) is 8.83. The van der Waals surface area contributed by atoms with Crippen LogP contribution >= 0.6 is 0 Å². The zero-order valence-corrected chi connectivity index (χ0v) is 19.1. The molecule has 0 atom stereocenters. The molecule has 1 aliphatic carbocycles. The largest absolute Gasteiger partial charge is 0.497 e. The molecule has 34 heavy (non-hydrogen) atoms. The number of aromatic nitrogens is 5. The number of rotatable bonds is 8. The molecule has 1 saturated carbocycles. The lowest BCUT2D eigenvalue weighted by atomic mass is 10.1. The van der Waals surface area contributed by atoms with Crippen LogP contribution in [0.1, 0.15) is 48.7 Å². The third-order valence-corrected chi connectivity index (χ3v) is 6.44. The van der Waals surface area contributed by atoms with Crippen LogP contribution in [-0.4, -0.2) is 37.2 Å². The Kier molecular flexibility index (Phi) is 6.35. The highest BCUT2D eigenvalue weighted by molar-refractivity contribution is 5.80. The van der Waals surface area contributed by atoms with Crippen LogP contribution in [0.2, 0.25) is 0 Å². The lowest BCUT2D eigenvalue weighted by Crippen LogP contribution is -2.28. The van der Waals surface area contributed by atoms with Gasteiger partial charge in [0.2, 0.25) is 0 Å². The van der Waals surface area contributed by atoms with Gasteiger partial charge in [0.15, 0.2) is 5.82 Å². The molecule has 2 aromatic carbocycles. The van der Waals surface area contributed by atoms with E-state index in [1.807, 2.05) is 28.9 Å². The van der Waals surface area contributed by atoms with Crippen LogP contribution < -0.4 is 10.3 Å². The molecule has 5 rings (SSSR count). The lowest BCUT2D eigenvalue weighted by Gasteiger charge is -2.23. The molecule has 1 fully saturated rings. The van der Waals surface area contributed by atoms with E-state index >= 15 is 0 Å². The predicted octanol–water partition coefficient (Wildman–Crippen LogP) is 3.98. The number of pyridine rings is 1. The van der Waals surface area contributed by atoms with Crippen LogP contribution in [0.5, 0.6) is 5.75 Å². The van der Waals surface area contributed by atoms with E-state index in [-0.39, 0.29) is 11.4 Å². The van der Waals surface area contributed by atoms with Gasteiger partial charge >= 0.3 is 0 Å². The van der Waals surface area contributed by atoms with Gasteiger partial charge in [-0.2, -0.15) is 0 Å². The molecule has 0 amide bonds. The smallest absolute Gasteiger partial charge is 0.252 e. The van der Waals surface area contributed by atoms with E-state index < -0.39 is 0 Å². The average Bonchev–Trinajstić information content (AvgIpc) is 3.52. The van der Waals surface area contributed by atoms with Crippen LogP contribution in [0.25, 0.3) is 10.9 Å². The Morgan fingerprint density at radius 1 is 1.09 bits per heavy atom. The first-order valence-corrected chi connectivity index (χ1v) is 11.5. The summed E-state index contributed by atoms with van der Waals surface area (Å²) in [6.45, 7) is 1.39. The normalized spacial score (nSPS) is 14.3. The second-order valence-electron chi connectivity index (χ2n) is 8.83. The minimum absolute atomic E-state index is 0.153. The van der Waals surface area contributed by atoms with Crippen molar-refractivity contribution in [2.75, 3.05) is 7.11 Å². The first kappa shape index (κ1) is 22.2. The number of aromatic amines is 1. The quantitative estimate of drug-likeness (QED) is 0.426. The van der Waals surface area contributed by atoms with Crippen molar-refractivity contribution >= 4 is 10.9 Å². The van der Waals surface area contributed by atoms with Crippen LogP contribution in [0.4, 0.5) is 4.39 Å². The monoisotopic (exact) mass is 462 g/mol. The maximum atomic E-state index is 13.5. The van der Waals surface area contributed by atoms with E-state index in [9.17, 15) is 9.18 Å². The van der Waals surface area contributed by atoms with Crippen molar-refractivity contribution in [2.24, 2.45) is 0 Å². The molecule has 9 heteroatoms. The average molecular weight is 463 g/mol. The zero-order valence-electron chi connectivity index (χ0n) is 19.1. The molecular formula is C25H27FN6O2. The molecule has 8 nitrogen and oxygen atoms in total. The highest BCUT2D eigenvalue weighted by Crippen LogP contribution is 2.29. The summed E-state index contributed by atoms with van der Waals surface area (Å²) < 4.78 is 20.7. The molecular weight excluding hydrogens is 435 g/mol. The van der Waals surface area contributed by atoms with E-state index in [4.69, 9.17) is 4.74 Å². The molecule has 0 unspecified atom stereocenters. The Bertz CT molecular complexity index is 1330. The third kappa shape index (κ3) is 4.84. The number of methoxy groups -OCH3 is 1. The number of halogens is 1. The fourth-order valence-corrected chi connectivity index (χ4v) is 4.68. The van der Waals surface area contributed by atoms with Gasteiger partial charge in [-0.1, -0.05) is 25.0 Å². The predicted molar refractivity (Wildman–Crippen MR) is 126 cm³/mol. The molecule has 0 radical (unpaired) electrons. The number of hydrogen-bond acceptors (Lipinski definition) is 6. The van der Waals surface area contributed by atoms with Crippen molar-refractivity contribution in [1.29, 1.82) is 0 Å². The van der Waals surface area contributed by atoms with E-state index in [0.717, 1.165) is 35.1 Å².